The molecule has 1 unspecified atom stereocenters. The van der Waals surface area contributed by atoms with Crippen molar-refractivity contribution in [2.24, 2.45) is 7.05 Å². The second kappa shape index (κ2) is 8.12. The Balaban J connectivity index is 1.82. The van der Waals surface area contributed by atoms with Crippen molar-refractivity contribution in [1.82, 2.24) is 9.36 Å². The summed E-state index contributed by atoms with van der Waals surface area (Å²) in [6.07, 6.45) is -0.846. The zero-order chi connectivity index (χ0) is 20.4. The van der Waals surface area contributed by atoms with E-state index in [1.165, 1.54) is 10.7 Å². The van der Waals surface area contributed by atoms with Gasteiger partial charge >= 0.3 is 0 Å². The molecule has 0 fully saturated rings. The van der Waals surface area contributed by atoms with E-state index < -0.39 is 12.0 Å². The zero-order valence-electron chi connectivity index (χ0n) is 15.6. The highest BCUT2D eigenvalue weighted by Crippen LogP contribution is 2.27. The predicted molar refractivity (Wildman–Crippen MR) is 111 cm³/mol. The molecule has 8 heteroatoms. The Morgan fingerprint density at radius 1 is 1.11 bits per heavy atom. The van der Waals surface area contributed by atoms with E-state index in [4.69, 9.17) is 27.9 Å². The van der Waals surface area contributed by atoms with Crippen molar-refractivity contribution in [3.05, 3.63) is 74.6 Å². The maximum absolute atomic E-state index is 12.9. The van der Waals surface area contributed by atoms with Crippen LogP contribution in [0.4, 0.5) is 5.69 Å². The Bertz CT molecular complexity index is 1070. The van der Waals surface area contributed by atoms with Gasteiger partial charge in [-0.1, -0.05) is 41.4 Å². The van der Waals surface area contributed by atoms with Crippen LogP contribution in [0.1, 0.15) is 12.6 Å². The molecule has 1 heterocycles. The van der Waals surface area contributed by atoms with Gasteiger partial charge in [-0.2, -0.15) is 0 Å². The average molecular weight is 420 g/mol. The number of halogens is 2. The van der Waals surface area contributed by atoms with E-state index in [-0.39, 0.29) is 11.2 Å². The van der Waals surface area contributed by atoms with Crippen molar-refractivity contribution in [2.45, 2.75) is 20.0 Å². The first-order valence-electron chi connectivity index (χ1n) is 8.56. The van der Waals surface area contributed by atoms with Gasteiger partial charge in [-0.15, -0.1) is 0 Å². The number of carbonyl (C=O) groups excluding carboxylic acids is 1. The lowest BCUT2D eigenvalue weighted by molar-refractivity contribution is -0.122. The number of rotatable bonds is 5. The lowest BCUT2D eigenvalue weighted by Gasteiger charge is -2.14. The van der Waals surface area contributed by atoms with E-state index in [0.717, 1.165) is 0 Å². The predicted octanol–water partition coefficient (Wildman–Crippen LogP) is 4.20. The SMILES string of the molecule is Cc1c(NC(=O)C(C)Oc2ccc(Cl)c(Cl)c2)c(=O)n(-c2ccccc2)n1C. The largest absolute Gasteiger partial charge is 0.481 e. The number of hydrogen-bond donors (Lipinski definition) is 1. The summed E-state index contributed by atoms with van der Waals surface area (Å²) in [6.45, 7) is 3.35. The first-order valence-corrected chi connectivity index (χ1v) is 9.31. The van der Waals surface area contributed by atoms with E-state index in [1.807, 2.05) is 30.3 Å². The van der Waals surface area contributed by atoms with Crippen molar-refractivity contribution >= 4 is 34.8 Å². The third-order valence-corrected chi connectivity index (χ3v) is 5.11. The van der Waals surface area contributed by atoms with Gasteiger partial charge in [-0.05, 0) is 38.1 Å². The van der Waals surface area contributed by atoms with Gasteiger partial charge in [-0.25, -0.2) is 4.68 Å². The van der Waals surface area contributed by atoms with Gasteiger partial charge in [0.05, 0.1) is 21.4 Å². The monoisotopic (exact) mass is 419 g/mol. The van der Waals surface area contributed by atoms with Crippen molar-refractivity contribution in [3.63, 3.8) is 0 Å². The molecule has 0 aliphatic heterocycles. The maximum Gasteiger partial charge on any atom is 0.295 e. The normalized spacial score (nSPS) is 11.9. The Kier molecular flexibility index (Phi) is 5.82. The highest BCUT2D eigenvalue weighted by Gasteiger charge is 2.22. The minimum absolute atomic E-state index is 0.209. The third kappa shape index (κ3) is 3.93. The smallest absolute Gasteiger partial charge is 0.295 e. The van der Waals surface area contributed by atoms with E-state index in [9.17, 15) is 9.59 Å². The number of hydrogen-bond acceptors (Lipinski definition) is 3. The molecule has 6 nitrogen and oxygen atoms in total. The quantitative estimate of drug-likeness (QED) is 0.673. The molecule has 146 valence electrons. The Labute approximate surface area is 172 Å². The molecule has 2 aromatic carbocycles. The third-order valence-electron chi connectivity index (χ3n) is 4.38. The number of nitrogens with zero attached hydrogens (tertiary/aromatic N) is 2. The number of para-hydroxylation sites is 1. The second-order valence-corrected chi connectivity index (χ2v) is 7.08. The minimum Gasteiger partial charge on any atom is -0.481 e. The molecule has 1 amide bonds. The Hall–Kier alpha value is -2.70. The van der Waals surface area contributed by atoms with Crippen molar-refractivity contribution in [2.75, 3.05) is 5.32 Å². The number of ether oxygens (including phenoxy) is 1. The zero-order valence-corrected chi connectivity index (χ0v) is 17.1. The van der Waals surface area contributed by atoms with Crippen LogP contribution in [0.5, 0.6) is 5.75 Å². The minimum atomic E-state index is -0.846. The van der Waals surface area contributed by atoms with Crippen LogP contribution in [0.2, 0.25) is 10.0 Å². The van der Waals surface area contributed by atoms with E-state index >= 15 is 0 Å². The van der Waals surface area contributed by atoms with E-state index in [1.54, 1.807) is 37.7 Å². The molecule has 3 rings (SSSR count). The van der Waals surface area contributed by atoms with Crippen molar-refractivity contribution in [3.8, 4) is 11.4 Å². The topological polar surface area (TPSA) is 65.3 Å². The highest BCUT2D eigenvalue weighted by atomic mass is 35.5. The lowest BCUT2D eigenvalue weighted by Crippen LogP contribution is -2.32. The number of nitrogens with one attached hydrogen (secondary N) is 1. The van der Waals surface area contributed by atoms with Gasteiger partial charge < -0.3 is 10.1 Å². The van der Waals surface area contributed by atoms with Crippen molar-refractivity contribution in [1.29, 1.82) is 0 Å². The van der Waals surface area contributed by atoms with E-state index in [2.05, 4.69) is 5.32 Å². The molecule has 0 spiro atoms. The van der Waals surface area contributed by atoms with Crippen LogP contribution in [-0.4, -0.2) is 21.4 Å². The van der Waals surface area contributed by atoms with Crippen molar-refractivity contribution < 1.29 is 9.53 Å². The summed E-state index contributed by atoms with van der Waals surface area (Å²) in [4.78, 5) is 25.4. The molecule has 1 aromatic heterocycles. The fourth-order valence-electron chi connectivity index (χ4n) is 2.74. The summed E-state index contributed by atoms with van der Waals surface area (Å²) in [6, 6.07) is 13.9. The van der Waals surface area contributed by atoms with E-state index in [0.29, 0.717) is 27.2 Å². The van der Waals surface area contributed by atoms with Gasteiger partial charge in [0.1, 0.15) is 11.4 Å². The number of benzene rings is 2. The van der Waals surface area contributed by atoms with Crippen LogP contribution >= 0.6 is 23.2 Å². The van der Waals surface area contributed by atoms with Gasteiger partial charge in [0.25, 0.3) is 11.5 Å². The first-order chi connectivity index (χ1) is 13.3. The fraction of sp³-hybridized carbons (Fsp3) is 0.200. The van der Waals surface area contributed by atoms with Gasteiger partial charge in [-0.3, -0.25) is 14.3 Å². The molecular weight excluding hydrogens is 401 g/mol. The van der Waals surface area contributed by atoms with Crippen LogP contribution in [0.3, 0.4) is 0 Å². The number of amides is 1. The lowest BCUT2D eigenvalue weighted by atomic mass is 10.3. The van der Waals surface area contributed by atoms with Crippen LogP contribution in [0, 0.1) is 6.92 Å². The number of carbonyl (C=O) groups is 1. The molecule has 0 saturated heterocycles. The summed E-state index contributed by atoms with van der Waals surface area (Å²) in [7, 11) is 1.76. The van der Waals surface area contributed by atoms with Gasteiger partial charge in [0.15, 0.2) is 6.10 Å². The second-order valence-electron chi connectivity index (χ2n) is 6.26. The summed E-state index contributed by atoms with van der Waals surface area (Å²) in [5.41, 5.74) is 1.23. The summed E-state index contributed by atoms with van der Waals surface area (Å²) in [5, 5.41) is 3.40. The Morgan fingerprint density at radius 2 is 1.79 bits per heavy atom. The van der Waals surface area contributed by atoms with Crippen LogP contribution in [0.15, 0.2) is 53.3 Å². The summed E-state index contributed by atoms with van der Waals surface area (Å²) < 4.78 is 8.80. The fourth-order valence-corrected chi connectivity index (χ4v) is 3.03. The van der Waals surface area contributed by atoms with Crippen LogP contribution in [0.25, 0.3) is 5.69 Å². The average Bonchev–Trinajstić information content (AvgIpc) is 2.88. The van der Waals surface area contributed by atoms with Crippen LogP contribution in [-0.2, 0) is 11.8 Å². The molecule has 0 aliphatic rings. The molecule has 3 aromatic rings. The van der Waals surface area contributed by atoms with Gasteiger partial charge in [0.2, 0.25) is 0 Å². The molecular formula is C20H19Cl2N3O3. The number of anilines is 1. The standard InChI is InChI=1S/C20H19Cl2N3O3/c1-12-18(20(27)25(24(12)3)14-7-5-4-6-8-14)23-19(26)13(2)28-15-9-10-16(21)17(22)11-15/h4-11,13H,1-3H3,(H,23,26). The number of aromatic nitrogens is 2. The summed E-state index contributed by atoms with van der Waals surface area (Å²) >= 11 is 11.9. The van der Waals surface area contributed by atoms with Crippen LogP contribution < -0.4 is 15.6 Å². The molecule has 0 saturated carbocycles. The first kappa shape index (κ1) is 20.0. The molecule has 0 aliphatic carbocycles. The molecule has 0 radical (unpaired) electrons. The Morgan fingerprint density at radius 3 is 2.43 bits per heavy atom. The molecule has 1 N–H and O–H groups in total. The maximum atomic E-state index is 12.9. The molecule has 28 heavy (non-hydrogen) atoms. The van der Waals surface area contributed by atoms with Gasteiger partial charge in [0, 0.05) is 13.1 Å². The molecule has 1 atom stereocenters. The summed E-state index contributed by atoms with van der Waals surface area (Å²) in [5.74, 6) is -0.0411. The molecule has 0 bridgehead atoms. The highest BCUT2D eigenvalue weighted by molar-refractivity contribution is 6.42.